The van der Waals surface area contributed by atoms with Gasteiger partial charge in [0.25, 0.3) is 0 Å². The molecule has 2 atom stereocenters. The lowest BCUT2D eigenvalue weighted by molar-refractivity contribution is 0.143. The molecule has 1 saturated heterocycles. The normalized spacial score (nSPS) is 30.3. The molecule has 0 saturated carbocycles. The summed E-state index contributed by atoms with van der Waals surface area (Å²) in [5.74, 6) is 0.537. The average molecular weight is 221 g/mol. The zero-order chi connectivity index (χ0) is 11.6. The summed E-state index contributed by atoms with van der Waals surface area (Å²) in [6.45, 7) is 6.64. The number of rotatable bonds is 2. The molecule has 1 nitrogen and oxygen atoms in total. The minimum atomic E-state index is -0.0607. The van der Waals surface area contributed by atoms with E-state index in [4.69, 9.17) is 0 Å². The molecule has 0 amide bonds. The maximum absolute atomic E-state index is 13.6. The van der Waals surface area contributed by atoms with Gasteiger partial charge in [-0.05, 0) is 48.9 Å². The Morgan fingerprint density at radius 2 is 2.19 bits per heavy atom. The summed E-state index contributed by atoms with van der Waals surface area (Å²) in [6, 6.07) is 7.15. The Balaban J connectivity index is 2.16. The van der Waals surface area contributed by atoms with Gasteiger partial charge in [-0.15, -0.1) is 0 Å². The first-order chi connectivity index (χ1) is 7.62. The van der Waals surface area contributed by atoms with E-state index in [2.05, 4.69) is 19.2 Å². The van der Waals surface area contributed by atoms with Gasteiger partial charge in [-0.25, -0.2) is 4.39 Å². The van der Waals surface area contributed by atoms with Crippen molar-refractivity contribution in [3.63, 3.8) is 0 Å². The molecule has 0 aromatic heterocycles. The van der Waals surface area contributed by atoms with Crippen molar-refractivity contribution >= 4 is 0 Å². The van der Waals surface area contributed by atoms with Crippen LogP contribution in [-0.4, -0.2) is 13.1 Å². The van der Waals surface area contributed by atoms with Gasteiger partial charge in [0.1, 0.15) is 5.82 Å². The predicted octanol–water partition coefficient (Wildman–Crippen LogP) is 3.00. The molecule has 1 fully saturated rings. The summed E-state index contributed by atoms with van der Waals surface area (Å²) in [4.78, 5) is 0. The van der Waals surface area contributed by atoms with E-state index in [0.29, 0.717) is 5.92 Å². The van der Waals surface area contributed by atoms with Gasteiger partial charge in [0.05, 0.1) is 0 Å². The van der Waals surface area contributed by atoms with Crippen molar-refractivity contribution in [3.05, 3.63) is 35.6 Å². The van der Waals surface area contributed by atoms with Crippen molar-refractivity contribution in [1.29, 1.82) is 0 Å². The molecule has 2 rings (SSSR count). The summed E-state index contributed by atoms with van der Waals surface area (Å²) in [6.07, 6.45) is 1.98. The lowest BCUT2D eigenvalue weighted by Gasteiger charge is -2.40. The highest BCUT2D eigenvalue weighted by atomic mass is 19.1. The van der Waals surface area contributed by atoms with E-state index in [1.54, 1.807) is 12.1 Å². The minimum absolute atomic E-state index is 0.0607. The molecule has 1 aliphatic rings. The second kappa shape index (κ2) is 4.54. The fourth-order valence-corrected chi connectivity index (χ4v) is 2.52. The van der Waals surface area contributed by atoms with Crippen LogP contribution in [0.15, 0.2) is 24.3 Å². The van der Waals surface area contributed by atoms with E-state index in [0.717, 1.165) is 31.5 Å². The van der Waals surface area contributed by atoms with Crippen LogP contribution in [0, 0.1) is 17.2 Å². The van der Waals surface area contributed by atoms with Gasteiger partial charge in [0, 0.05) is 0 Å². The molecule has 0 radical (unpaired) electrons. The predicted molar refractivity (Wildman–Crippen MR) is 64.9 cm³/mol. The average Bonchev–Trinajstić information content (AvgIpc) is 2.26. The van der Waals surface area contributed by atoms with Crippen molar-refractivity contribution in [1.82, 2.24) is 5.32 Å². The number of nitrogens with one attached hydrogen (secondary N) is 1. The van der Waals surface area contributed by atoms with Gasteiger partial charge in [0.15, 0.2) is 0 Å². The van der Waals surface area contributed by atoms with E-state index >= 15 is 0 Å². The SMILES string of the molecule is CC1CNCCC1(C)Cc1ccccc1F. The molecule has 2 unspecified atom stereocenters. The third-order valence-corrected chi connectivity index (χ3v) is 4.07. The van der Waals surface area contributed by atoms with Gasteiger partial charge in [-0.1, -0.05) is 32.0 Å². The van der Waals surface area contributed by atoms with Crippen molar-refractivity contribution in [2.75, 3.05) is 13.1 Å². The van der Waals surface area contributed by atoms with Gasteiger partial charge in [-0.2, -0.15) is 0 Å². The van der Waals surface area contributed by atoms with Crippen LogP contribution in [0.3, 0.4) is 0 Å². The largest absolute Gasteiger partial charge is 0.316 e. The molecule has 0 spiro atoms. The molecule has 88 valence electrons. The molecular formula is C14H20FN. The Kier molecular flexibility index (Phi) is 3.29. The second-order valence-electron chi connectivity index (χ2n) is 5.28. The van der Waals surface area contributed by atoms with Crippen LogP contribution >= 0.6 is 0 Å². The van der Waals surface area contributed by atoms with E-state index in [1.165, 1.54) is 0 Å². The maximum Gasteiger partial charge on any atom is 0.126 e. The standard InChI is InChI=1S/C14H20FN/c1-11-10-16-8-7-14(11,2)9-12-5-3-4-6-13(12)15/h3-6,11,16H,7-10H2,1-2H3. The van der Waals surface area contributed by atoms with Crippen molar-refractivity contribution in [2.24, 2.45) is 11.3 Å². The van der Waals surface area contributed by atoms with E-state index in [9.17, 15) is 4.39 Å². The van der Waals surface area contributed by atoms with Crippen LogP contribution < -0.4 is 5.32 Å². The van der Waals surface area contributed by atoms with Crippen LogP contribution in [0.1, 0.15) is 25.8 Å². The first kappa shape index (κ1) is 11.6. The molecule has 1 aromatic carbocycles. The molecular weight excluding hydrogens is 201 g/mol. The Labute approximate surface area is 97.1 Å². The Morgan fingerprint density at radius 1 is 1.44 bits per heavy atom. The van der Waals surface area contributed by atoms with Gasteiger partial charge in [-0.3, -0.25) is 0 Å². The van der Waals surface area contributed by atoms with Gasteiger partial charge < -0.3 is 5.32 Å². The lowest BCUT2D eigenvalue weighted by Crippen LogP contribution is -2.43. The third kappa shape index (κ3) is 2.27. The molecule has 1 N–H and O–H groups in total. The van der Waals surface area contributed by atoms with Gasteiger partial charge >= 0.3 is 0 Å². The third-order valence-electron chi connectivity index (χ3n) is 4.07. The summed E-state index contributed by atoms with van der Waals surface area (Å²) < 4.78 is 13.6. The van der Waals surface area contributed by atoms with Crippen LogP contribution in [0.2, 0.25) is 0 Å². The highest BCUT2D eigenvalue weighted by Crippen LogP contribution is 2.37. The molecule has 0 aliphatic carbocycles. The molecule has 0 bridgehead atoms. The van der Waals surface area contributed by atoms with Crippen LogP contribution in [0.5, 0.6) is 0 Å². The summed E-state index contributed by atoms with van der Waals surface area (Å²) in [5.41, 5.74) is 1.09. The Morgan fingerprint density at radius 3 is 2.88 bits per heavy atom. The molecule has 1 heterocycles. The highest BCUT2D eigenvalue weighted by molar-refractivity contribution is 5.19. The number of benzene rings is 1. The minimum Gasteiger partial charge on any atom is -0.316 e. The molecule has 16 heavy (non-hydrogen) atoms. The maximum atomic E-state index is 13.6. The van der Waals surface area contributed by atoms with E-state index < -0.39 is 0 Å². The number of hydrogen-bond acceptors (Lipinski definition) is 1. The number of piperidine rings is 1. The monoisotopic (exact) mass is 221 g/mol. The summed E-state index contributed by atoms with van der Waals surface area (Å²) >= 11 is 0. The number of halogens is 1. The van der Waals surface area contributed by atoms with Crippen molar-refractivity contribution in [2.45, 2.75) is 26.7 Å². The lowest BCUT2D eigenvalue weighted by atomic mass is 9.69. The van der Waals surface area contributed by atoms with E-state index in [-0.39, 0.29) is 11.2 Å². The first-order valence-corrected chi connectivity index (χ1v) is 6.06. The topological polar surface area (TPSA) is 12.0 Å². The van der Waals surface area contributed by atoms with Crippen LogP contribution in [0.4, 0.5) is 4.39 Å². The fourth-order valence-electron chi connectivity index (χ4n) is 2.52. The Hall–Kier alpha value is -0.890. The smallest absolute Gasteiger partial charge is 0.126 e. The quantitative estimate of drug-likeness (QED) is 0.809. The van der Waals surface area contributed by atoms with Crippen LogP contribution in [0.25, 0.3) is 0 Å². The molecule has 1 aliphatic heterocycles. The molecule has 1 aromatic rings. The number of hydrogen-bond donors (Lipinski definition) is 1. The summed E-state index contributed by atoms with van der Waals surface area (Å²) in [5, 5.41) is 3.40. The zero-order valence-electron chi connectivity index (χ0n) is 10.1. The molecule has 2 heteroatoms. The van der Waals surface area contributed by atoms with Gasteiger partial charge in [0.2, 0.25) is 0 Å². The Bertz CT molecular complexity index is 364. The zero-order valence-corrected chi connectivity index (χ0v) is 10.1. The fraction of sp³-hybridized carbons (Fsp3) is 0.571. The van der Waals surface area contributed by atoms with Crippen molar-refractivity contribution < 1.29 is 4.39 Å². The van der Waals surface area contributed by atoms with E-state index in [1.807, 2.05) is 12.1 Å². The summed E-state index contributed by atoms with van der Waals surface area (Å²) in [7, 11) is 0. The first-order valence-electron chi connectivity index (χ1n) is 6.06. The second-order valence-corrected chi connectivity index (χ2v) is 5.28. The highest BCUT2D eigenvalue weighted by Gasteiger charge is 2.34. The van der Waals surface area contributed by atoms with Crippen molar-refractivity contribution in [3.8, 4) is 0 Å². The van der Waals surface area contributed by atoms with Crippen LogP contribution in [-0.2, 0) is 6.42 Å².